The van der Waals surface area contributed by atoms with E-state index in [1.54, 1.807) is 4.52 Å². The van der Waals surface area contributed by atoms with Crippen molar-refractivity contribution in [2.45, 2.75) is 47.0 Å². The predicted octanol–water partition coefficient (Wildman–Crippen LogP) is 0.961. The van der Waals surface area contributed by atoms with E-state index in [4.69, 9.17) is 10.5 Å². The van der Waals surface area contributed by atoms with Crippen LogP contribution in [0.25, 0.3) is 5.78 Å². The first-order chi connectivity index (χ1) is 12.3. The molecule has 2 aromatic heterocycles. The lowest BCUT2D eigenvalue weighted by Gasteiger charge is -2.10. The zero-order valence-electron chi connectivity index (χ0n) is 15.7. The van der Waals surface area contributed by atoms with Crippen molar-refractivity contribution in [2.75, 3.05) is 18.9 Å². The second-order valence-electron chi connectivity index (χ2n) is 6.64. The average Bonchev–Trinajstić information content (AvgIpc) is 2.92. The van der Waals surface area contributed by atoms with E-state index in [9.17, 15) is 9.59 Å². The number of nitrogen functional groups attached to an aromatic ring is 1. The lowest BCUT2D eigenvalue weighted by molar-refractivity contribution is -0.148. The summed E-state index contributed by atoms with van der Waals surface area (Å²) in [6.07, 6.45) is 1.48. The normalized spacial score (nSPS) is 11.1. The molecule has 0 radical (unpaired) electrons. The number of hydrogen-bond acceptors (Lipinski definition) is 7. The second-order valence-corrected chi connectivity index (χ2v) is 6.64. The molecule has 2 rings (SSSR count). The lowest BCUT2D eigenvalue weighted by atomic mass is 10.1. The van der Waals surface area contributed by atoms with Gasteiger partial charge in [-0.1, -0.05) is 13.8 Å². The van der Waals surface area contributed by atoms with Crippen molar-refractivity contribution in [2.24, 2.45) is 5.92 Å². The molecule has 9 heteroatoms. The molecule has 0 saturated carbocycles. The van der Waals surface area contributed by atoms with Crippen LogP contribution in [-0.2, 0) is 20.7 Å². The minimum absolute atomic E-state index is 0.151. The zero-order valence-corrected chi connectivity index (χ0v) is 15.7. The van der Waals surface area contributed by atoms with Crippen molar-refractivity contribution in [1.29, 1.82) is 0 Å². The monoisotopic (exact) mass is 362 g/mol. The highest BCUT2D eigenvalue weighted by molar-refractivity contribution is 5.80. The molecule has 0 aliphatic heterocycles. The number of aromatic nitrogens is 4. The highest BCUT2D eigenvalue weighted by atomic mass is 16.5. The van der Waals surface area contributed by atoms with Crippen LogP contribution in [0, 0.1) is 19.8 Å². The molecule has 0 atom stereocenters. The summed E-state index contributed by atoms with van der Waals surface area (Å²) in [5, 5.41) is 6.82. The first-order valence-electron chi connectivity index (χ1n) is 8.68. The number of fused-ring (bicyclic) bond motifs is 1. The van der Waals surface area contributed by atoms with Gasteiger partial charge in [-0.2, -0.15) is 9.50 Å². The quantitative estimate of drug-likeness (QED) is 0.670. The Morgan fingerprint density at radius 2 is 2.00 bits per heavy atom. The smallest absolute Gasteiger partial charge is 0.306 e. The van der Waals surface area contributed by atoms with Gasteiger partial charge in [-0.05, 0) is 38.2 Å². The molecule has 2 aromatic rings. The Morgan fingerprint density at radius 3 is 2.69 bits per heavy atom. The topological polar surface area (TPSA) is 124 Å². The number of aryl methyl sites for hydroxylation is 2. The number of nitrogens with zero attached hydrogens (tertiary/aromatic N) is 4. The lowest BCUT2D eigenvalue weighted by Crippen LogP contribution is -2.30. The van der Waals surface area contributed by atoms with E-state index < -0.39 is 5.97 Å². The van der Waals surface area contributed by atoms with Crippen LogP contribution in [0.5, 0.6) is 0 Å². The number of rotatable bonds is 8. The van der Waals surface area contributed by atoms with Gasteiger partial charge in [0.25, 0.3) is 11.7 Å². The molecule has 142 valence electrons. The van der Waals surface area contributed by atoms with Crippen LogP contribution < -0.4 is 11.1 Å². The van der Waals surface area contributed by atoms with Crippen molar-refractivity contribution in [1.82, 2.24) is 24.9 Å². The largest absolute Gasteiger partial charge is 0.456 e. The summed E-state index contributed by atoms with van der Waals surface area (Å²) in [7, 11) is 0. The molecular formula is C17H26N6O3. The summed E-state index contributed by atoms with van der Waals surface area (Å²) in [6, 6.07) is 0. The molecule has 2 heterocycles. The molecule has 0 spiro atoms. The zero-order chi connectivity index (χ0) is 19.3. The molecule has 9 nitrogen and oxygen atoms in total. The van der Waals surface area contributed by atoms with Crippen LogP contribution in [0.4, 0.5) is 5.95 Å². The van der Waals surface area contributed by atoms with E-state index in [2.05, 4.69) is 34.2 Å². The van der Waals surface area contributed by atoms with Crippen LogP contribution in [0.1, 0.15) is 43.6 Å². The van der Waals surface area contributed by atoms with Crippen molar-refractivity contribution in [3.05, 3.63) is 17.0 Å². The summed E-state index contributed by atoms with van der Waals surface area (Å²) in [5.41, 5.74) is 8.09. The van der Waals surface area contributed by atoms with Crippen LogP contribution in [0.15, 0.2) is 0 Å². The number of nitrogens with one attached hydrogen (secondary N) is 1. The third-order valence-electron chi connectivity index (χ3n) is 4.05. The summed E-state index contributed by atoms with van der Waals surface area (Å²) < 4.78 is 6.59. The molecule has 0 unspecified atom stereocenters. The van der Waals surface area contributed by atoms with Crippen LogP contribution in [0.3, 0.4) is 0 Å². The number of ether oxygens (including phenoxy) is 1. The van der Waals surface area contributed by atoms with Gasteiger partial charge in [-0.15, -0.1) is 5.10 Å². The third kappa shape index (κ3) is 5.14. The van der Waals surface area contributed by atoms with E-state index in [1.165, 1.54) is 0 Å². The Hall–Kier alpha value is -2.71. The highest BCUT2D eigenvalue weighted by Gasteiger charge is 2.15. The Kier molecular flexibility index (Phi) is 6.48. The number of nitrogens with two attached hydrogens (primary N) is 1. The Balaban J connectivity index is 1.85. The number of anilines is 1. The highest BCUT2D eigenvalue weighted by Crippen LogP contribution is 2.16. The van der Waals surface area contributed by atoms with Gasteiger partial charge in [-0.25, -0.2) is 4.98 Å². The SMILES string of the molecule is Cc1nc2nc(N)nn2c(C)c1CCC(=O)OCC(=O)NCCC(C)C. The molecule has 0 aliphatic rings. The number of carbonyl (C=O) groups is 2. The van der Waals surface area contributed by atoms with E-state index in [0.717, 1.165) is 23.4 Å². The van der Waals surface area contributed by atoms with Crippen LogP contribution >= 0.6 is 0 Å². The molecule has 0 saturated heterocycles. The van der Waals surface area contributed by atoms with Gasteiger partial charge in [0.05, 0.1) is 0 Å². The summed E-state index contributed by atoms with van der Waals surface area (Å²) >= 11 is 0. The number of amides is 1. The first-order valence-corrected chi connectivity index (χ1v) is 8.68. The minimum Gasteiger partial charge on any atom is -0.456 e. The van der Waals surface area contributed by atoms with Gasteiger partial charge in [-0.3, -0.25) is 9.59 Å². The first kappa shape index (κ1) is 19.6. The maximum atomic E-state index is 11.9. The van der Waals surface area contributed by atoms with Gasteiger partial charge < -0.3 is 15.8 Å². The van der Waals surface area contributed by atoms with Crippen molar-refractivity contribution in [3.63, 3.8) is 0 Å². The molecule has 3 N–H and O–H groups in total. The average molecular weight is 362 g/mol. The van der Waals surface area contributed by atoms with Gasteiger partial charge in [0.15, 0.2) is 6.61 Å². The van der Waals surface area contributed by atoms with E-state index in [0.29, 0.717) is 24.7 Å². The molecule has 26 heavy (non-hydrogen) atoms. The fourth-order valence-electron chi connectivity index (χ4n) is 2.58. The van der Waals surface area contributed by atoms with Crippen LogP contribution in [-0.4, -0.2) is 44.6 Å². The number of hydrogen-bond donors (Lipinski definition) is 2. The molecule has 0 aromatic carbocycles. The molecular weight excluding hydrogens is 336 g/mol. The number of carbonyl (C=O) groups excluding carboxylic acids is 2. The predicted molar refractivity (Wildman–Crippen MR) is 96.4 cm³/mol. The van der Waals surface area contributed by atoms with Crippen molar-refractivity contribution >= 4 is 23.6 Å². The fraction of sp³-hybridized carbons (Fsp3) is 0.588. The maximum Gasteiger partial charge on any atom is 0.306 e. The van der Waals surface area contributed by atoms with E-state index in [-0.39, 0.29) is 24.9 Å². The van der Waals surface area contributed by atoms with E-state index >= 15 is 0 Å². The summed E-state index contributed by atoms with van der Waals surface area (Å²) in [6.45, 7) is 8.20. The van der Waals surface area contributed by atoms with Gasteiger partial charge in [0.1, 0.15) is 0 Å². The van der Waals surface area contributed by atoms with Crippen molar-refractivity contribution in [3.8, 4) is 0 Å². The second kappa shape index (κ2) is 8.59. The Labute approximate surface area is 152 Å². The molecule has 0 fully saturated rings. The number of esters is 1. The van der Waals surface area contributed by atoms with Gasteiger partial charge in [0.2, 0.25) is 5.95 Å². The summed E-state index contributed by atoms with van der Waals surface area (Å²) in [5.74, 6) is 0.381. The minimum atomic E-state index is -0.430. The van der Waals surface area contributed by atoms with E-state index in [1.807, 2.05) is 13.8 Å². The fourth-order valence-corrected chi connectivity index (χ4v) is 2.58. The summed E-state index contributed by atoms with van der Waals surface area (Å²) in [4.78, 5) is 31.9. The van der Waals surface area contributed by atoms with Gasteiger partial charge in [0, 0.05) is 24.4 Å². The molecule has 0 aliphatic carbocycles. The third-order valence-corrected chi connectivity index (χ3v) is 4.05. The Morgan fingerprint density at radius 1 is 1.27 bits per heavy atom. The standard InChI is InChI=1S/C17H26N6O3/c1-10(2)7-8-19-14(24)9-26-15(25)6-5-13-11(3)20-17-21-16(18)22-23(17)12(13)4/h10H,5-9H2,1-4H3,(H2,18,22)(H,19,24). The molecule has 1 amide bonds. The maximum absolute atomic E-state index is 11.9. The molecule has 0 bridgehead atoms. The Bertz CT molecular complexity index is 799. The van der Waals surface area contributed by atoms with Gasteiger partial charge >= 0.3 is 5.97 Å². The van der Waals surface area contributed by atoms with Crippen molar-refractivity contribution < 1.29 is 14.3 Å². The van der Waals surface area contributed by atoms with Crippen LogP contribution in [0.2, 0.25) is 0 Å².